The lowest BCUT2D eigenvalue weighted by Gasteiger charge is -2.40. The summed E-state index contributed by atoms with van der Waals surface area (Å²) in [5.74, 6) is 0. The van der Waals surface area contributed by atoms with Crippen LogP contribution in [0, 0.1) is 5.41 Å². The molecule has 0 bridgehead atoms. The summed E-state index contributed by atoms with van der Waals surface area (Å²) in [5, 5.41) is 3.77. The molecule has 0 aromatic heterocycles. The second kappa shape index (κ2) is 8.35. The summed E-state index contributed by atoms with van der Waals surface area (Å²) < 4.78 is 0. The minimum atomic E-state index is 0.444. The van der Waals surface area contributed by atoms with E-state index in [2.05, 4.69) is 56.9 Å². The molecule has 1 aliphatic rings. The Bertz CT molecular complexity index is 257. The number of hydrogen-bond donors (Lipinski definition) is 1. The molecule has 0 aliphatic heterocycles. The van der Waals surface area contributed by atoms with Crippen LogP contribution in [0.2, 0.25) is 0 Å². The van der Waals surface area contributed by atoms with E-state index >= 15 is 0 Å². The van der Waals surface area contributed by atoms with Crippen molar-refractivity contribution in [1.82, 2.24) is 15.1 Å². The highest BCUT2D eigenvalue weighted by molar-refractivity contribution is 4.89. The van der Waals surface area contributed by atoms with Crippen molar-refractivity contribution in [1.29, 1.82) is 0 Å². The number of nitrogens with one attached hydrogen (secondary N) is 1. The maximum atomic E-state index is 3.77. The Balaban J connectivity index is 2.59. The smallest absolute Gasteiger partial charge is 0.0194 e. The number of rotatable bonds is 11. The predicted molar refractivity (Wildman–Crippen MR) is 89.3 cm³/mol. The number of hydrogen-bond acceptors (Lipinski definition) is 3. The van der Waals surface area contributed by atoms with Gasteiger partial charge in [-0.1, -0.05) is 20.8 Å². The van der Waals surface area contributed by atoms with Crippen molar-refractivity contribution in [2.45, 2.75) is 65.5 Å². The predicted octanol–water partition coefficient (Wildman–Crippen LogP) is 2.82. The number of likely N-dealkylation sites (N-methyl/N-ethyl adjacent to an activating group) is 2. The first-order valence-electron chi connectivity index (χ1n) is 8.58. The van der Waals surface area contributed by atoms with Crippen molar-refractivity contribution in [3.63, 3.8) is 0 Å². The van der Waals surface area contributed by atoms with Gasteiger partial charge in [-0.05, 0) is 58.7 Å². The molecular formula is C17H37N3. The van der Waals surface area contributed by atoms with Gasteiger partial charge >= 0.3 is 0 Å². The van der Waals surface area contributed by atoms with Crippen molar-refractivity contribution >= 4 is 0 Å². The molecule has 0 aromatic rings. The van der Waals surface area contributed by atoms with Gasteiger partial charge in [0.1, 0.15) is 0 Å². The van der Waals surface area contributed by atoms with Gasteiger partial charge in [-0.2, -0.15) is 0 Å². The summed E-state index contributed by atoms with van der Waals surface area (Å²) in [6.07, 6.45) is 5.32. The molecule has 0 heterocycles. The van der Waals surface area contributed by atoms with Gasteiger partial charge in [0, 0.05) is 31.7 Å². The molecule has 3 nitrogen and oxygen atoms in total. The van der Waals surface area contributed by atoms with Gasteiger partial charge in [0.15, 0.2) is 0 Å². The highest BCUT2D eigenvalue weighted by atomic mass is 15.2. The summed E-state index contributed by atoms with van der Waals surface area (Å²) in [5.41, 5.74) is 0.444. The van der Waals surface area contributed by atoms with Crippen LogP contribution < -0.4 is 5.32 Å². The minimum Gasteiger partial charge on any atom is -0.313 e. The Labute approximate surface area is 127 Å². The van der Waals surface area contributed by atoms with Crippen LogP contribution in [0.15, 0.2) is 0 Å². The monoisotopic (exact) mass is 283 g/mol. The van der Waals surface area contributed by atoms with E-state index in [1.165, 1.54) is 38.8 Å². The largest absolute Gasteiger partial charge is 0.313 e. The van der Waals surface area contributed by atoms with Gasteiger partial charge in [-0.25, -0.2) is 0 Å². The Morgan fingerprint density at radius 1 is 1.15 bits per heavy atom. The third-order valence-corrected chi connectivity index (χ3v) is 5.04. The van der Waals surface area contributed by atoms with Gasteiger partial charge in [-0.15, -0.1) is 0 Å². The van der Waals surface area contributed by atoms with Gasteiger partial charge in [-0.3, -0.25) is 4.90 Å². The van der Waals surface area contributed by atoms with E-state index in [0.717, 1.165) is 19.1 Å². The first kappa shape index (κ1) is 17.9. The van der Waals surface area contributed by atoms with Crippen LogP contribution in [0.25, 0.3) is 0 Å². The van der Waals surface area contributed by atoms with Crippen molar-refractivity contribution in [3.8, 4) is 0 Å². The van der Waals surface area contributed by atoms with Gasteiger partial charge in [0.05, 0.1) is 0 Å². The zero-order chi connectivity index (χ0) is 15.2. The van der Waals surface area contributed by atoms with Crippen LogP contribution in [-0.4, -0.2) is 62.2 Å². The van der Waals surface area contributed by atoms with Crippen LogP contribution in [0.1, 0.15) is 53.4 Å². The molecule has 120 valence electrons. The van der Waals surface area contributed by atoms with Crippen LogP contribution in [0.3, 0.4) is 0 Å². The SMILES string of the molecule is CCN(CC(CC)(CC)CNC1CC1)C(C)CN(C)C. The lowest BCUT2D eigenvalue weighted by atomic mass is 9.81. The maximum absolute atomic E-state index is 3.77. The summed E-state index contributed by atoms with van der Waals surface area (Å²) in [6.45, 7) is 14.1. The zero-order valence-corrected chi connectivity index (χ0v) is 14.7. The standard InChI is InChI=1S/C17H37N3/c1-7-17(8-2,13-18-16-10-11-16)14-20(9-3)15(4)12-19(5)6/h15-16,18H,7-14H2,1-6H3. The molecule has 20 heavy (non-hydrogen) atoms. The molecule has 1 rings (SSSR count). The molecule has 1 atom stereocenters. The fraction of sp³-hybridized carbons (Fsp3) is 1.00. The molecule has 0 spiro atoms. The average molecular weight is 284 g/mol. The summed E-state index contributed by atoms with van der Waals surface area (Å²) in [7, 11) is 4.35. The highest BCUT2D eigenvalue weighted by Crippen LogP contribution is 2.29. The van der Waals surface area contributed by atoms with Crippen LogP contribution in [0.5, 0.6) is 0 Å². The average Bonchev–Trinajstić information content (AvgIpc) is 3.23. The normalized spacial score (nSPS) is 18.0. The third-order valence-electron chi connectivity index (χ3n) is 5.04. The second-order valence-corrected chi connectivity index (χ2v) is 7.04. The molecule has 1 unspecified atom stereocenters. The van der Waals surface area contributed by atoms with E-state index < -0.39 is 0 Å². The van der Waals surface area contributed by atoms with E-state index in [0.29, 0.717) is 11.5 Å². The van der Waals surface area contributed by atoms with Crippen LogP contribution in [-0.2, 0) is 0 Å². The quantitative estimate of drug-likeness (QED) is 0.629. The summed E-state index contributed by atoms with van der Waals surface area (Å²) in [6, 6.07) is 1.45. The minimum absolute atomic E-state index is 0.444. The van der Waals surface area contributed by atoms with E-state index in [-0.39, 0.29) is 0 Å². The molecule has 1 N–H and O–H groups in total. The first-order valence-corrected chi connectivity index (χ1v) is 8.58. The van der Waals surface area contributed by atoms with Crippen molar-refractivity contribution in [3.05, 3.63) is 0 Å². The third kappa shape index (κ3) is 5.71. The first-order chi connectivity index (χ1) is 9.46. The fourth-order valence-electron chi connectivity index (χ4n) is 3.08. The zero-order valence-electron chi connectivity index (χ0n) is 14.7. The van der Waals surface area contributed by atoms with Crippen LogP contribution in [0.4, 0.5) is 0 Å². The summed E-state index contributed by atoms with van der Waals surface area (Å²) in [4.78, 5) is 4.97. The lowest BCUT2D eigenvalue weighted by molar-refractivity contribution is 0.0958. The Hall–Kier alpha value is -0.120. The van der Waals surface area contributed by atoms with E-state index in [1.54, 1.807) is 0 Å². The summed E-state index contributed by atoms with van der Waals surface area (Å²) >= 11 is 0. The van der Waals surface area contributed by atoms with E-state index in [1.807, 2.05) is 0 Å². The molecule has 0 saturated heterocycles. The molecular weight excluding hydrogens is 246 g/mol. The lowest BCUT2D eigenvalue weighted by Crippen LogP contribution is -2.49. The molecule has 0 radical (unpaired) electrons. The molecule has 1 fully saturated rings. The van der Waals surface area contributed by atoms with Crippen LogP contribution >= 0.6 is 0 Å². The van der Waals surface area contributed by atoms with Crippen molar-refractivity contribution in [2.24, 2.45) is 5.41 Å². The molecule has 1 aliphatic carbocycles. The maximum Gasteiger partial charge on any atom is 0.0194 e. The van der Waals surface area contributed by atoms with Gasteiger partial charge < -0.3 is 10.2 Å². The van der Waals surface area contributed by atoms with Crippen molar-refractivity contribution in [2.75, 3.05) is 40.3 Å². The molecule has 0 aromatic carbocycles. The Morgan fingerprint density at radius 2 is 1.75 bits per heavy atom. The van der Waals surface area contributed by atoms with E-state index in [9.17, 15) is 0 Å². The van der Waals surface area contributed by atoms with Gasteiger partial charge in [0.25, 0.3) is 0 Å². The number of nitrogens with zero attached hydrogens (tertiary/aromatic N) is 2. The molecule has 1 saturated carbocycles. The fourth-order valence-corrected chi connectivity index (χ4v) is 3.08. The van der Waals surface area contributed by atoms with E-state index in [4.69, 9.17) is 0 Å². The molecule has 0 amide bonds. The second-order valence-electron chi connectivity index (χ2n) is 7.04. The van der Waals surface area contributed by atoms with Gasteiger partial charge in [0.2, 0.25) is 0 Å². The molecule has 3 heteroatoms. The Morgan fingerprint density at radius 3 is 2.15 bits per heavy atom. The Kier molecular flexibility index (Phi) is 7.49. The van der Waals surface area contributed by atoms with Crippen molar-refractivity contribution < 1.29 is 0 Å². The topological polar surface area (TPSA) is 18.5 Å². The highest BCUT2D eigenvalue weighted by Gasteiger charge is 2.32.